The molecule has 80 valence electrons. The van der Waals surface area contributed by atoms with E-state index in [1.165, 1.54) is 0 Å². The lowest BCUT2D eigenvalue weighted by molar-refractivity contribution is 0.0683. The highest BCUT2D eigenvalue weighted by Gasteiger charge is 2.21. The molecular weight excluding hydrogens is 214 g/mol. The predicted molar refractivity (Wildman–Crippen MR) is 52.0 cm³/mol. The average molecular weight is 231 g/mol. The van der Waals surface area contributed by atoms with Crippen molar-refractivity contribution < 1.29 is 19.1 Å². The van der Waals surface area contributed by atoms with E-state index in [1.54, 1.807) is 0 Å². The van der Waals surface area contributed by atoms with Gasteiger partial charge >= 0.3 is 7.60 Å². The quantitative estimate of drug-likeness (QED) is 0.541. The summed E-state index contributed by atoms with van der Waals surface area (Å²) in [6.07, 6.45) is 0.553. The molecule has 0 radical (unpaired) electrons. The van der Waals surface area contributed by atoms with Crippen molar-refractivity contribution in [2.24, 2.45) is 0 Å². The second-order valence-corrected chi connectivity index (χ2v) is 4.98. The molecule has 0 aliphatic carbocycles. The Morgan fingerprint density at radius 2 is 1.92 bits per heavy atom. The largest absolute Gasteiger partial charge is 0.364 e. The molecule has 2 atom stereocenters. The smallest absolute Gasteiger partial charge is 0.350 e. The Labute approximate surface area is 83.4 Å². The minimum absolute atomic E-state index is 0.184. The summed E-state index contributed by atoms with van der Waals surface area (Å²) in [7, 11) is -4.06. The first-order valence-corrected chi connectivity index (χ1v) is 6.44. The second kappa shape index (κ2) is 5.99. The lowest BCUT2D eigenvalue weighted by Crippen LogP contribution is -2.23. The SMILES string of the molecule is CCC(Cl)C(CC)OCP(=O)(O)O. The highest BCUT2D eigenvalue weighted by molar-refractivity contribution is 7.51. The zero-order chi connectivity index (χ0) is 10.5. The molecule has 0 aromatic carbocycles. The maximum absolute atomic E-state index is 10.5. The van der Waals surface area contributed by atoms with E-state index in [0.717, 1.165) is 6.42 Å². The molecule has 0 amide bonds. The molecule has 13 heavy (non-hydrogen) atoms. The maximum Gasteiger partial charge on any atom is 0.350 e. The van der Waals surface area contributed by atoms with Crippen LogP contribution in [0.2, 0.25) is 0 Å². The lowest BCUT2D eigenvalue weighted by Gasteiger charge is -2.20. The summed E-state index contributed by atoms with van der Waals surface area (Å²) in [5.74, 6) is 0. The van der Waals surface area contributed by atoms with Gasteiger partial charge in [-0.2, -0.15) is 0 Å². The molecule has 0 aromatic rings. The number of halogens is 1. The average Bonchev–Trinajstić information content (AvgIpc) is 2.03. The van der Waals surface area contributed by atoms with Crippen molar-refractivity contribution >= 4 is 19.2 Å². The fraction of sp³-hybridized carbons (Fsp3) is 1.00. The molecule has 0 heterocycles. The third kappa shape index (κ3) is 6.47. The van der Waals surface area contributed by atoms with Crippen LogP contribution in [0.25, 0.3) is 0 Å². The number of hydrogen-bond donors (Lipinski definition) is 2. The van der Waals surface area contributed by atoms with E-state index < -0.39 is 13.9 Å². The van der Waals surface area contributed by atoms with E-state index >= 15 is 0 Å². The van der Waals surface area contributed by atoms with Crippen LogP contribution in [0.3, 0.4) is 0 Å². The molecule has 0 aliphatic rings. The van der Waals surface area contributed by atoms with Crippen LogP contribution in [0, 0.1) is 0 Å². The number of hydrogen-bond acceptors (Lipinski definition) is 2. The summed E-state index contributed by atoms with van der Waals surface area (Å²) < 4.78 is 15.5. The van der Waals surface area contributed by atoms with Gasteiger partial charge in [0, 0.05) is 0 Å². The Kier molecular flexibility index (Phi) is 6.18. The van der Waals surface area contributed by atoms with Crippen LogP contribution in [-0.2, 0) is 9.30 Å². The van der Waals surface area contributed by atoms with Crippen LogP contribution >= 0.6 is 19.2 Å². The normalized spacial score (nSPS) is 17.0. The molecule has 0 fully saturated rings. The van der Waals surface area contributed by atoms with E-state index in [4.69, 9.17) is 26.1 Å². The molecule has 4 nitrogen and oxygen atoms in total. The van der Waals surface area contributed by atoms with E-state index in [0.29, 0.717) is 6.42 Å². The molecule has 2 N–H and O–H groups in total. The Morgan fingerprint density at radius 3 is 2.23 bits per heavy atom. The lowest BCUT2D eigenvalue weighted by atomic mass is 10.1. The van der Waals surface area contributed by atoms with Gasteiger partial charge in [-0.05, 0) is 12.8 Å². The van der Waals surface area contributed by atoms with Crippen molar-refractivity contribution in [1.29, 1.82) is 0 Å². The van der Waals surface area contributed by atoms with Gasteiger partial charge in [0.1, 0.15) is 6.35 Å². The van der Waals surface area contributed by atoms with Crippen molar-refractivity contribution in [2.75, 3.05) is 6.35 Å². The fourth-order valence-electron chi connectivity index (χ4n) is 0.934. The van der Waals surface area contributed by atoms with Crippen LogP contribution < -0.4 is 0 Å². The van der Waals surface area contributed by atoms with Gasteiger partial charge in [0.2, 0.25) is 0 Å². The molecule has 0 aromatic heterocycles. The number of ether oxygens (including phenoxy) is 1. The molecule has 0 saturated carbocycles. The minimum Gasteiger partial charge on any atom is -0.364 e. The Bertz CT molecular complexity index is 181. The van der Waals surface area contributed by atoms with Gasteiger partial charge < -0.3 is 14.5 Å². The van der Waals surface area contributed by atoms with Crippen LogP contribution in [0.5, 0.6) is 0 Å². The zero-order valence-corrected chi connectivity index (χ0v) is 9.46. The van der Waals surface area contributed by atoms with Gasteiger partial charge in [0.15, 0.2) is 0 Å². The standard InChI is InChI=1S/C7H16ClO4P/c1-3-6(8)7(4-2)12-5-13(9,10)11/h6-7H,3-5H2,1-2H3,(H2,9,10,11). The van der Waals surface area contributed by atoms with Crippen molar-refractivity contribution in [3.8, 4) is 0 Å². The number of rotatable bonds is 6. The highest BCUT2D eigenvalue weighted by atomic mass is 35.5. The highest BCUT2D eigenvalue weighted by Crippen LogP contribution is 2.35. The molecule has 6 heteroatoms. The molecule has 0 rings (SSSR count). The molecule has 0 saturated heterocycles. The van der Waals surface area contributed by atoms with Crippen LogP contribution in [0.1, 0.15) is 26.7 Å². The molecule has 2 unspecified atom stereocenters. The van der Waals surface area contributed by atoms with Crippen molar-refractivity contribution in [3.63, 3.8) is 0 Å². The van der Waals surface area contributed by atoms with E-state index in [1.807, 2.05) is 13.8 Å². The van der Waals surface area contributed by atoms with E-state index in [9.17, 15) is 4.57 Å². The van der Waals surface area contributed by atoms with Gasteiger partial charge in [0.25, 0.3) is 0 Å². The van der Waals surface area contributed by atoms with Crippen LogP contribution in [0.15, 0.2) is 0 Å². The van der Waals surface area contributed by atoms with Gasteiger partial charge in [0.05, 0.1) is 11.5 Å². The summed E-state index contributed by atoms with van der Waals surface area (Å²) in [5, 5.41) is -0.184. The Balaban J connectivity index is 3.92. The van der Waals surface area contributed by atoms with Crippen molar-refractivity contribution in [2.45, 2.75) is 38.2 Å². The third-order valence-electron chi connectivity index (χ3n) is 1.65. The molecule has 0 spiro atoms. The Morgan fingerprint density at radius 1 is 1.38 bits per heavy atom. The van der Waals surface area contributed by atoms with Gasteiger partial charge in [-0.15, -0.1) is 11.6 Å². The summed E-state index contributed by atoms with van der Waals surface area (Å²) in [6, 6.07) is 0. The van der Waals surface area contributed by atoms with Gasteiger partial charge in [-0.3, -0.25) is 4.57 Å². The predicted octanol–water partition coefficient (Wildman–Crippen LogP) is 1.93. The topological polar surface area (TPSA) is 66.8 Å². The third-order valence-corrected chi connectivity index (χ3v) is 2.73. The minimum atomic E-state index is -4.06. The molecular formula is C7H16ClO4P. The van der Waals surface area contributed by atoms with Crippen molar-refractivity contribution in [3.05, 3.63) is 0 Å². The molecule has 0 bridgehead atoms. The first kappa shape index (κ1) is 13.4. The number of alkyl halides is 1. The first-order chi connectivity index (χ1) is 5.90. The second-order valence-electron chi connectivity index (χ2n) is 2.83. The van der Waals surface area contributed by atoms with E-state index in [2.05, 4.69) is 0 Å². The Hall–Kier alpha value is 0.400. The summed E-state index contributed by atoms with van der Waals surface area (Å²) >= 11 is 5.88. The molecule has 0 aliphatic heterocycles. The van der Waals surface area contributed by atoms with Crippen LogP contribution in [0.4, 0.5) is 0 Å². The summed E-state index contributed by atoms with van der Waals surface area (Å²) in [4.78, 5) is 17.1. The van der Waals surface area contributed by atoms with E-state index in [-0.39, 0.29) is 11.5 Å². The fourth-order valence-corrected chi connectivity index (χ4v) is 1.57. The monoisotopic (exact) mass is 230 g/mol. The maximum atomic E-state index is 10.5. The van der Waals surface area contributed by atoms with Crippen LogP contribution in [-0.4, -0.2) is 27.6 Å². The summed E-state index contributed by atoms with van der Waals surface area (Å²) in [5.41, 5.74) is 0. The summed E-state index contributed by atoms with van der Waals surface area (Å²) in [6.45, 7) is 3.77. The van der Waals surface area contributed by atoms with Gasteiger partial charge in [-0.1, -0.05) is 13.8 Å². The first-order valence-electron chi connectivity index (χ1n) is 4.21. The van der Waals surface area contributed by atoms with Crippen molar-refractivity contribution in [1.82, 2.24) is 0 Å². The van der Waals surface area contributed by atoms with Gasteiger partial charge in [-0.25, -0.2) is 0 Å². The zero-order valence-electron chi connectivity index (χ0n) is 7.81.